The number of ether oxygens (including phenoxy) is 1. The molecule has 0 bridgehead atoms. The Kier molecular flexibility index (Phi) is 8.26. The van der Waals surface area contributed by atoms with Crippen molar-refractivity contribution in [3.05, 3.63) is 29.8 Å². The zero-order chi connectivity index (χ0) is 14.8. The van der Waals surface area contributed by atoms with Gasteiger partial charge in [-0.25, -0.2) is 0 Å². The van der Waals surface area contributed by atoms with E-state index >= 15 is 0 Å². The smallest absolute Gasteiger partial charge is 0.122 e. The van der Waals surface area contributed by atoms with Gasteiger partial charge in [0.15, 0.2) is 0 Å². The monoisotopic (exact) mass is 281 g/mol. The quantitative estimate of drug-likeness (QED) is 0.687. The molecule has 0 amide bonds. The molecular weight excluding hydrogens is 254 g/mol. The van der Waals surface area contributed by atoms with Crippen LogP contribution < -0.4 is 4.74 Å². The largest absolute Gasteiger partial charge is 0.491 e. The third-order valence-electron chi connectivity index (χ3n) is 3.24. The van der Waals surface area contributed by atoms with Crippen LogP contribution in [0, 0.1) is 6.92 Å². The molecule has 0 fully saturated rings. The van der Waals surface area contributed by atoms with Crippen molar-refractivity contribution in [2.24, 2.45) is 0 Å². The van der Waals surface area contributed by atoms with Gasteiger partial charge in [0.25, 0.3) is 0 Å². The molecule has 0 aliphatic carbocycles. The fraction of sp³-hybridized carbons (Fsp3) is 0.625. The molecule has 1 atom stereocenters. The third-order valence-corrected chi connectivity index (χ3v) is 3.24. The van der Waals surface area contributed by atoms with Crippen LogP contribution in [0.2, 0.25) is 0 Å². The average Bonchev–Trinajstić information content (AvgIpc) is 2.44. The van der Waals surface area contributed by atoms with Crippen molar-refractivity contribution < 1.29 is 14.9 Å². The maximum Gasteiger partial charge on any atom is 0.122 e. The Morgan fingerprint density at radius 3 is 2.65 bits per heavy atom. The van der Waals surface area contributed by atoms with E-state index in [4.69, 9.17) is 9.84 Å². The second-order valence-corrected chi connectivity index (χ2v) is 5.11. The highest BCUT2D eigenvalue weighted by molar-refractivity contribution is 5.31. The molecule has 0 saturated heterocycles. The minimum atomic E-state index is -0.544. The SMILES string of the molecule is CCCCN(CCO)CC(O)COc1ccccc1C. The van der Waals surface area contributed by atoms with Gasteiger partial charge in [0.2, 0.25) is 0 Å². The summed E-state index contributed by atoms with van der Waals surface area (Å²) in [7, 11) is 0. The van der Waals surface area contributed by atoms with Gasteiger partial charge in [-0.05, 0) is 31.5 Å². The van der Waals surface area contributed by atoms with Gasteiger partial charge in [0, 0.05) is 13.1 Å². The second-order valence-electron chi connectivity index (χ2n) is 5.11. The highest BCUT2D eigenvalue weighted by Crippen LogP contribution is 2.16. The molecule has 0 saturated carbocycles. The average molecular weight is 281 g/mol. The lowest BCUT2D eigenvalue weighted by Crippen LogP contribution is -2.38. The molecule has 1 unspecified atom stereocenters. The molecule has 0 radical (unpaired) electrons. The van der Waals surface area contributed by atoms with Gasteiger partial charge in [-0.3, -0.25) is 4.90 Å². The summed E-state index contributed by atoms with van der Waals surface area (Å²) < 4.78 is 5.64. The lowest BCUT2D eigenvalue weighted by Gasteiger charge is -2.24. The van der Waals surface area contributed by atoms with Crippen molar-refractivity contribution in [3.8, 4) is 5.75 Å². The van der Waals surface area contributed by atoms with E-state index in [9.17, 15) is 5.11 Å². The first-order chi connectivity index (χ1) is 9.67. The first-order valence-corrected chi connectivity index (χ1v) is 7.37. The fourth-order valence-corrected chi connectivity index (χ4v) is 2.07. The van der Waals surface area contributed by atoms with Gasteiger partial charge in [0.05, 0.1) is 6.61 Å². The van der Waals surface area contributed by atoms with Crippen LogP contribution in [0.4, 0.5) is 0 Å². The van der Waals surface area contributed by atoms with Crippen LogP contribution in [0.1, 0.15) is 25.3 Å². The normalized spacial score (nSPS) is 12.7. The van der Waals surface area contributed by atoms with E-state index < -0.39 is 6.10 Å². The summed E-state index contributed by atoms with van der Waals surface area (Å²) in [5, 5.41) is 19.1. The summed E-state index contributed by atoms with van der Waals surface area (Å²) in [6, 6.07) is 7.78. The number of para-hydroxylation sites is 1. The Balaban J connectivity index is 2.37. The van der Waals surface area contributed by atoms with Crippen molar-refractivity contribution >= 4 is 0 Å². The fourth-order valence-electron chi connectivity index (χ4n) is 2.07. The number of rotatable bonds is 10. The molecule has 20 heavy (non-hydrogen) atoms. The summed E-state index contributed by atoms with van der Waals surface area (Å²) in [6.07, 6.45) is 1.64. The van der Waals surface area contributed by atoms with Crippen molar-refractivity contribution in [1.82, 2.24) is 4.90 Å². The standard InChI is InChI=1S/C16H27NO3/c1-3-4-9-17(10-11-18)12-15(19)13-20-16-8-6-5-7-14(16)2/h5-8,15,18-19H,3-4,9-13H2,1-2H3. The van der Waals surface area contributed by atoms with Crippen LogP contribution in [-0.4, -0.2) is 54.1 Å². The van der Waals surface area contributed by atoms with Crippen molar-refractivity contribution in [3.63, 3.8) is 0 Å². The van der Waals surface area contributed by atoms with Crippen LogP contribution in [0.5, 0.6) is 5.75 Å². The van der Waals surface area contributed by atoms with Crippen molar-refractivity contribution in [2.45, 2.75) is 32.8 Å². The van der Waals surface area contributed by atoms with Gasteiger partial charge in [-0.1, -0.05) is 31.5 Å². The maximum atomic E-state index is 10.0. The molecule has 0 heterocycles. The molecule has 1 rings (SSSR count). The number of aliphatic hydroxyl groups excluding tert-OH is 2. The summed E-state index contributed by atoms with van der Waals surface area (Å²) in [5.41, 5.74) is 1.07. The predicted octanol–water partition coefficient (Wildman–Crippen LogP) is 1.83. The van der Waals surface area contributed by atoms with Crippen LogP contribution in [-0.2, 0) is 0 Å². The number of benzene rings is 1. The Morgan fingerprint density at radius 2 is 2.00 bits per heavy atom. The molecule has 1 aromatic rings. The zero-order valence-corrected chi connectivity index (χ0v) is 12.6. The van der Waals surface area contributed by atoms with Crippen LogP contribution in [0.25, 0.3) is 0 Å². The van der Waals surface area contributed by atoms with E-state index in [0.717, 1.165) is 30.7 Å². The molecule has 4 nitrogen and oxygen atoms in total. The maximum absolute atomic E-state index is 10.0. The molecule has 0 aromatic heterocycles. The summed E-state index contributed by atoms with van der Waals surface area (Å²) in [4.78, 5) is 2.08. The van der Waals surface area contributed by atoms with E-state index in [2.05, 4.69) is 11.8 Å². The summed E-state index contributed by atoms with van der Waals surface area (Å²) in [6.45, 7) is 6.55. The molecule has 1 aromatic carbocycles. The van der Waals surface area contributed by atoms with Crippen molar-refractivity contribution in [2.75, 3.05) is 32.8 Å². The highest BCUT2D eigenvalue weighted by atomic mass is 16.5. The topological polar surface area (TPSA) is 52.9 Å². The lowest BCUT2D eigenvalue weighted by atomic mass is 10.2. The second kappa shape index (κ2) is 9.75. The van der Waals surface area contributed by atoms with Crippen LogP contribution in [0.3, 0.4) is 0 Å². The number of nitrogens with zero attached hydrogens (tertiary/aromatic N) is 1. The van der Waals surface area contributed by atoms with Gasteiger partial charge < -0.3 is 14.9 Å². The Morgan fingerprint density at radius 1 is 1.25 bits per heavy atom. The van der Waals surface area contributed by atoms with E-state index in [0.29, 0.717) is 13.1 Å². The summed E-state index contributed by atoms with van der Waals surface area (Å²) in [5.74, 6) is 0.814. The van der Waals surface area contributed by atoms with E-state index in [1.807, 2.05) is 31.2 Å². The first-order valence-electron chi connectivity index (χ1n) is 7.37. The first kappa shape index (κ1) is 17.0. The number of aliphatic hydroxyl groups is 2. The van der Waals surface area contributed by atoms with Gasteiger partial charge in [-0.15, -0.1) is 0 Å². The number of aryl methyl sites for hydroxylation is 1. The van der Waals surface area contributed by atoms with Gasteiger partial charge in [-0.2, -0.15) is 0 Å². The third kappa shape index (κ3) is 6.37. The number of unbranched alkanes of at least 4 members (excludes halogenated alkanes) is 1. The lowest BCUT2D eigenvalue weighted by molar-refractivity contribution is 0.0611. The Labute approximate surface area is 122 Å². The molecular formula is C16H27NO3. The summed E-state index contributed by atoms with van der Waals surface area (Å²) >= 11 is 0. The molecule has 0 aliphatic heterocycles. The highest BCUT2D eigenvalue weighted by Gasteiger charge is 2.12. The minimum Gasteiger partial charge on any atom is -0.491 e. The molecule has 0 spiro atoms. The van der Waals surface area contributed by atoms with Gasteiger partial charge >= 0.3 is 0 Å². The molecule has 2 N–H and O–H groups in total. The van der Waals surface area contributed by atoms with Crippen LogP contribution in [0.15, 0.2) is 24.3 Å². The Bertz CT molecular complexity index is 370. The van der Waals surface area contributed by atoms with Gasteiger partial charge in [0.1, 0.15) is 18.5 Å². The minimum absolute atomic E-state index is 0.120. The molecule has 0 aliphatic rings. The number of hydrogen-bond acceptors (Lipinski definition) is 4. The molecule has 114 valence electrons. The van der Waals surface area contributed by atoms with Crippen LogP contribution >= 0.6 is 0 Å². The predicted molar refractivity (Wildman–Crippen MR) is 81.1 cm³/mol. The van der Waals surface area contributed by atoms with Crippen molar-refractivity contribution in [1.29, 1.82) is 0 Å². The zero-order valence-electron chi connectivity index (χ0n) is 12.6. The van der Waals surface area contributed by atoms with E-state index in [1.165, 1.54) is 0 Å². The van der Waals surface area contributed by atoms with E-state index in [1.54, 1.807) is 0 Å². The Hall–Kier alpha value is -1.10. The van der Waals surface area contributed by atoms with E-state index in [-0.39, 0.29) is 13.2 Å². The molecule has 4 heteroatoms. The number of hydrogen-bond donors (Lipinski definition) is 2.